The van der Waals surface area contributed by atoms with Crippen LogP contribution >= 0.6 is 11.3 Å². The third-order valence-electron chi connectivity index (χ3n) is 5.28. The van der Waals surface area contributed by atoms with Crippen molar-refractivity contribution in [3.63, 3.8) is 0 Å². The van der Waals surface area contributed by atoms with Gasteiger partial charge in [-0.2, -0.15) is 4.98 Å². The molecule has 0 atom stereocenters. The van der Waals surface area contributed by atoms with Crippen molar-refractivity contribution in [2.45, 2.75) is 33.6 Å². The van der Waals surface area contributed by atoms with E-state index in [0.29, 0.717) is 51.9 Å². The quantitative estimate of drug-likeness (QED) is 0.399. The molecule has 0 amide bonds. The Hall–Kier alpha value is -3.45. The van der Waals surface area contributed by atoms with Gasteiger partial charge in [0.25, 0.3) is 11.1 Å². The summed E-state index contributed by atoms with van der Waals surface area (Å²) in [6.07, 6.45) is 3.14. The van der Waals surface area contributed by atoms with E-state index in [1.807, 2.05) is 62.4 Å². The highest BCUT2D eigenvalue weighted by atomic mass is 32.1. The predicted molar refractivity (Wildman–Crippen MR) is 132 cm³/mol. The first-order valence-corrected chi connectivity index (χ1v) is 11.8. The third kappa shape index (κ3) is 4.83. The number of fused-ring (bicyclic) bond motifs is 1. The SMILES string of the molecule is CCCOc1ccc(/C=c2\sc3nc(=O)c(Cc4ccccc4)c(C)n3c2=O)cc1OCC. The van der Waals surface area contributed by atoms with Gasteiger partial charge in [-0.1, -0.05) is 54.7 Å². The molecule has 2 aromatic heterocycles. The summed E-state index contributed by atoms with van der Waals surface area (Å²) in [7, 11) is 0. The number of thiazole rings is 1. The van der Waals surface area contributed by atoms with E-state index in [0.717, 1.165) is 17.5 Å². The van der Waals surface area contributed by atoms with Crippen LogP contribution in [0.3, 0.4) is 0 Å². The van der Waals surface area contributed by atoms with E-state index < -0.39 is 0 Å². The smallest absolute Gasteiger partial charge is 0.277 e. The van der Waals surface area contributed by atoms with Gasteiger partial charge in [-0.15, -0.1) is 0 Å². The summed E-state index contributed by atoms with van der Waals surface area (Å²) in [5, 5.41) is 0. The van der Waals surface area contributed by atoms with Gasteiger partial charge in [-0.3, -0.25) is 14.0 Å². The summed E-state index contributed by atoms with van der Waals surface area (Å²) < 4.78 is 13.5. The Balaban J connectivity index is 1.78. The number of benzene rings is 2. The van der Waals surface area contributed by atoms with Gasteiger partial charge in [0.05, 0.1) is 17.7 Å². The summed E-state index contributed by atoms with van der Waals surface area (Å²) in [4.78, 5) is 30.6. The number of hydrogen-bond donors (Lipinski definition) is 0. The van der Waals surface area contributed by atoms with Crippen molar-refractivity contribution in [1.29, 1.82) is 0 Å². The Morgan fingerprint density at radius 1 is 1.03 bits per heavy atom. The Morgan fingerprint density at radius 3 is 2.55 bits per heavy atom. The van der Waals surface area contributed by atoms with Gasteiger partial charge in [0.2, 0.25) is 4.96 Å². The van der Waals surface area contributed by atoms with Gasteiger partial charge in [0.1, 0.15) is 0 Å². The number of hydrogen-bond acceptors (Lipinski definition) is 6. The van der Waals surface area contributed by atoms with Crippen molar-refractivity contribution in [1.82, 2.24) is 9.38 Å². The molecule has 4 rings (SSSR count). The van der Waals surface area contributed by atoms with Crippen LogP contribution in [0.15, 0.2) is 58.1 Å². The molecule has 0 bridgehead atoms. The second-order valence-electron chi connectivity index (χ2n) is 7.66. The lowest BCUT2D eigenvalue weighted by molar-refractivity contribution is 0.277. The Kier molecular flexibility index (Phi) is 6.89. The zero-order valence-corrected chi connectivity index (χ0v) is 19.8. The van der Waals surface area contributed by atoms with Crippen molar-refractivity contribution in [3.8, 4) is 11.5 Å². The molecule has 6 nitrogen and oxygen atoms in total. The molecular weight excluding hydrogens is 436 g/mol. The van der Waals surface area contributed by atoms with Gasteiger partial charge >= 0.3 is 0 Å². The van der Waals surface area contributed by atoms with Gasteiger partial charge in [-0.25, -0.2) is 0 Å². The first-order chi connectivity index (χ1) is 16.0. The average Bonchev–Trinajstić information content (AvgIpc) is 3.11. The van der Waals surface area contributed by atoms with Crippen LogP contribution in [0.1, 0.15) is 42.7 Å². The number of rotatable bonds is 8. The van der Waals surface area contributed by atoms with Crippen LogP contribution in [0.4, 0.5) is 0 Å². The molecule has 2 aromatic carbocycles. The van der Waals surface area contributed by atoms with Crippen molar-refractivity contribution in [2.24, 2.45) is 0 Å². The Bertz CT molecular complexity index is 1440. The lowest BCUT2D eigenvalue weighted by atomic mass is 10.1. The predicted octanol–water partition coefficient (Wildman–Crippen LogP) is 3.75. The molecule has 0 aliphatic heterocycles. The van der Waals surface area contributed by atoms with E-state index in [-0.39, 0.29) is 11.1 Å². The van der Waals surface area contributed by atoms with Crippen LogP contribution < -0.4 is 25.1 Å². The van der Waals surface area contributed by atoms with E-state index in [1.165, 1.54) is 11.3 Å². The van der Waals surface area contributed by atoms with Gasteiger partial charge in [0, 0.05) is 17.7 Å². The number of nitrogens with zero attached hydrogens (tertiary/aromatic N) is 2. The molecule has 0 fully saturated rings. The zero-order chi connectivity index (χ0) is 23.4. The topological polar surface area (TPSA) is 69.9 Å². The van der Waals surface area contributed by atoms with Crippen molar-refractivity contribution in [2.75, 3.05) is 13.2 Å². The first kappa shape index (κ1) is 22.7. The monoisotopic (exact) mass is 462 g/mol. The summed E-state index contributed by atoms with van der Waals surface area (Å²) >= 11 is 1.21. The van der Waals surface area contributed by atoms with Crippen LogP contribution in [0, 0.1) is 6.92 Å². The molecule has 0 radical (unpaired) electrons. The number of aromatic nitrogens is 2. The standard InChI is InChI=1S/C26H26N2O4S/c1-4-13-32-21-12-11-19(15-22(21)31-5-2)16-23-25(30)28-17(3)20(24(29)27-26(28)33-23)14-18-9-7-6-8-10-18/h6-12,15-16H,4-5,13-14H2,1-3H3/b23-16-. The fourth-order valence-electron chi connectivity index (χ4n) is 3.66. The molecule has 170 valence electrons. The van der Waals surface area contributed by atoms with Gasteiger partial charge in [0.15, 0.2) is 11.5 Å². The van der Waals surface area contributed by atoms with E-state index in [1.54, 1.807) is 17.4 Å². The van der Waals surface area contributed by atoms with Gasteiger partial charge in [-0.05, 0) is 49.6 Å². The molecule has 0 saturated heterocycles. The molecule has 2 heterocycles. The van der Waals surface area contributed by atoms with Crippen LogP contribution in [0.25, 0.3) is 11.0 Å². The van der Waals surface area contributed by atoms with Crippen LogP contribution in [-0.4, -0.2) is 22.6 Å². The van der Waals surface area contributed by atoms with E-state index in [9.17, 15) is 9.59 Å². The fraction of sp³-hybridized carbons (Fsp3) is 0.269. The minimum atomic E-state index is -0.291. The number of ether oxygens (including phenoxy) is 2. The largest absolute Gasteiger partial charge is 0.490 e. The summed E-state index contributed by atoms with van der Waals surface area (Å²) in [6.45, 7) is 6.89. The number of aryl methyl sites for hydroxylation is 1. The molecule has 0 aliphatic carbocycles. The molecule has 0 saturated carbocycles. The molecule has 0 unspecified atom stereocenters. The molecular formula is C26H26N2O4S. The fourth-order valence-corrected chi connectivity index (χ4v) is 4.67. The lowest BCUT2D eigenvalue weighted by Crippen LogP contribution is -2.27. The van der Waals surface area contributed by atoms with E-state index in [2.05, 4.69) is 4.98 Å². The Labute approximate surface area is 195 Å². The van der Waals surface area contributed by atoms with Crippen molar-refractivity contribution in [3.05, 3.63) is 96.2 Å². The minimum Gasteiger partial charge on any atom is -0.490 e. The van der Waals surface area contributed by atoms with Crippen molar-refractivity contribution < 1.29 is 9.47 Å². The highest BCUT2D eigenvalue weighted by Gasteiger charge is 2.15. The summed E-state index contributed by atoms with van der Waals surface area (Å²) in [6, 6.07) is 15.3. The van der Waals surface area contributed by atoms with Crippen LogP contribution in [0.5, 0.6) is 11.5 Å². The second-order valence-corrected chi connectivity index (χ2v) is 8.67. The maximum absolute atomic E-state index is 13.2. The summed E-state index contributed by atoms with van der Waals surface area (Å²) in [5.41, 5.74) is 2.52. The lowest BCUT2D eigenvalue weighted by Gasteiger charge is -2.11. The molecule has 33 heavy (non-hydrogen) atoms. The highest BCUT2D eigenvalue weighted by Crippen LogP contribution is 2.29. The van der Waals surface area contributed by atoms with Crippen molar-refractivity contribution >= 4 is 22.4 Å². The molecule has 0 aliphatic rings. The Morgan fingerprint density at radius 2 is 1.82 bits per heavy atom. The maximum Gasteiger partial charge on any atom is 0.277 e. The highest BCUT2D eigenvalue weighted by molar-refractivity contribution is 7.15. The zero-order valence-electron chi connectivity index (χ0n) is 19.0. The second kappa shape index (κ2) is 10.0. The molecule has 7 heteroatoms. The minimum absolute atomic E-state index is 0.182. The van der Waals surface area contributed by atoms with Gasteiger partial charge < -0.3 is 9.47 Å². The normalized spacial score (nSPS) is 11.8. The molecule has 0 spiro atoms. The first-order valence-electron chi connectivity index (χ1n) is 11.0. The molecule has 4 aromatic rings. The van der Waals surface area contributed by atoms with Crippen LogP contribution in [0.2, 0.25) is 0 Å². The molecule has 0 N–H and O–H groups in total. The van der Waals surface area contributed by atoms with E-state index in [4.69, 9.17) is 9.47 Å². The third-order valence-corrected chi connectivity index (χ3v) is 6.25. The van der Waals surface area contributed by atoms with E-state index >= 15 is 0 Å². The maximum atomic E-state index is 13.2. The average molecular weight is 463 g/mol. The van der Waals surface area contributed by atoms with Crippen LogP contribution in [-0.2, 0) is 6.42 Å². The summed E-state index contributed by atoms with van der Waals surface area (Å²) in [5.74, 6) is 1.32.